The van der Waals surface area contributed by atoms with Gasteiger partial charge in [0.05, 0.1) is 10.0 Å². The number of rotatable bonds is 3. The molecule has 0 spiro atoms. The van der Waals surface area contributed by atoms with E-state index < -0.39 is 51.6 Å². The second-order valence-corrected chi connectivity index (χ2v) is 3.96. The molecule has 0 aliphatic rings. The smallest absolute Gasteiger partial charge is 0.350 e. The van der Waals surface area contributed by atoms with Gasteiger partial charge in [0, 0.05) is 0 Å². The molecule has 0 fully saturated rings. The summed E-state index contributed by atoms with van der Waals surface area (Å²) in [6.45, 7) is 0. The third-order valence-corrected chi connectivity index (χ3v) is 2.45. The minimum absolute atomic E-state index is 0.473. The van der Waals surface area contributed by atoms with Crippen molar-refractivity contribution in [1.82, 2.24) is 0 Å². The monoisotopic (exact) mass is 312 g/mol. The Morgan fingerprint density at radius 1 is 1.26 bits per heavy atom. The van der Waals surface area contributed by atoms with Crippen LogP contribution >= 0.6 is 23.2 Å². The van der Waals surface area contributed by atoms with E-state index in [4.69, 9.17) is 28.3 Å². The SMILES string of the molecule is O=C(O)CC(=O)OC(=O)c1c(F)cc(Cl)c(F)c1Cl. The first kappa shape index (κ1) is 15.3. The highest BCUT2D eigenvalue weighted by Crippen LogP contribution is 2.29. The molecule has 5 nitrogen and oxygen atoms in total. The van der Waals surface area contributed by atoms with E-state index in [1.54, 1.807) is 0 Å². The zero-order valence-corrected chi connectivity index (χ0v) is 10.4. The number of carboxylic acid groups (broad SMARTS) is 1. The number of halogens is 4. The number of benzene rings is 1. The molecule has 0 aromatic heterocycles. The predicted octanol–water partition coefficient (Wildman–Crippen LogP) is 2.43. The van der Waals surface area contributed by atoms with Gasteiger partial charge in [-0.25, -0.2) is 13.6 Å². The number of carbonyl (C=O) groups is 3. The molecule has 1 aromatic carbocycles. The van der Waals surface area contributed by atoms with Crippen LogP contribution in [0.2, 0.25) is 10.0 Å². The van der Waals surface area contributed by atoms with E-state index in [2.05, 4.69) is 4.74 Å². The summed E-state index contributed by atoms with van der Waals surface area (Å²) in [4.78, 5) is 32.4. The fraction of sp³-hybridized carbons (Fsp3) is 0.100. The Kier molecular flexibility index (Phi) is 4.79. The first-order valence-electron chi connectivity index (χ1n) is 4.53. The van der Waals surface area contributed by atoms with Gasteiger partial charge in [-0.3, -0.25) is 9.59 Å². The summed E-state index contributed by atoms with van der Waals surface area (Å²) < 4.78 is 30.7. The largest absolute Gasteiger partial charge is 0.481 e. The lowest BCUT2D eigenvalue weighted by Crippen LogP contribution is -2.17. The first-order chi connectivity index (χ1) is 8.73. The topological polar surface area (TPSA) is 80.7 Å². The molecule has 19 heavy (non-hydrogen) atoms. The lowest BCUT2D eigenvalue weighted by Gasteiger charge is -2.06. The van der Waals surface area contributed by atoms with E-state index in [9.17, 15) is 23.2 Å². The highest BCUT2D eigenvalue weighted by molar-refractivity contribution is 6.37. The average Bonchev–Trinajstić information content (AvgIpc) is 2.24. The molecule has 1 rings (SSSR count). The minimum Gasteiger partial charge on any atom is -0.481 e. The Hall–Kier alpha value is -1.73. The maximum atomic E-state index is 13.4. The molecule has 0 saturated carbocycles. The van der Waals surface area contributed by atoms with Crippen LogP contribution in [0.25, 0.3) is 0 Å². The van der Waals surface area contributed by atoms with Crippen LogP contribution in [0.15, 0.2) is 6.07 Å². The second kappa shape index (κ2) is 5.94. The van der Waals surface area contributed by atoms with Crippen molar-refractivity contribution in [1.29, 1.82) is 0 Å². The van der Waals surface area contributed by atoms with Crippen LogP contribution in [-0.4, -0.2) is 23.0 Å². The highest BCUT2D eigenvalue weighted by Gasteiger charge is 2.25. The van der Waals surface area contributed by atoms with Gasteiger partial charge >= 0.3 is 17.9 Å². The van der Waals surface area contributed by atoms with Crippen LogP contribution < -0.4 is 0 Å². The van der Waals surface area contributed by atoms with Crippen molar-refractivity contribution in [3.63, 3.8) is 0 Å². The Balaban J connectivity index is 3.04. The van der Waals surface area contributed by atoms with E-state index in [0.717, 1.165) is 0 Å². The van der Waals surface area contributed by atoms with Crippen molar-refractivity contribution in [2.45, 2.75) is 6.42 Å². The van der Waals surface area contributed by atoms with Crippen molar-refractivity contribution in [3.05, 3.63) is 33.3 Å². The van der Waals surface area contributed by atoms with Gasteiger partial charge in [-0.05, 0) is 6.07 Å². The molecular weight excluding hydrogens is 309 g/mol. The van der Waals surface area contributed by atoms with Gasteiger partial charge in [0.15, 0.2) is 5.82 Å². The fourth-order valence-corrected chi connectivity index (χ4v) is 1.58. The Bertz CT molecular complexity index is 574. The quantitative estimate of drug-likeness (QED) is 0.401. The van der Waals surface area contributed by atoms with Gasteiger partial charge < -0.3 is 9.84 Å². The van der Waals surface area contributed by atoms with Gasteiger partial charge in [0.2, 0.25) is 0 Å². The maximum Gasteiger partial charge on any atom is 0.350 e. The lowest BCUT2D eigenvalue weighted by molar-refractivity contribution is -0.147. The lowest BCUT2D eigenvalue weighted by atomic mass is 10.2. The molecule has 0 amide bonds. The first-order valence-corrected chi connectivity index (χ1v) is 5.29. The predicted molar refractivity (Wildman–Crippen MR) is 59.1 cm³/mol. The molecule has 102 valence electrons. The highest BCUT2D eigenvalue weighted by atomic mass is 35.5. The average molecular weight is 313 g/mol. The van der Waals surface area contributed by atoms with Crippen LogP contribution in [0.5, 0.6) is 0 Å². The summed E-state index contributed by atoms with van der Waals surface area (Å²) in [5.41, 5.74) is -1.04. The molecule has 0 radical (unpaired) electrons. The number of carbonyl (C=O) groups excluding carboxylic acids is 2. The molecule has 0 aliphatic carbocycles. The molecule has 0 aliphatic heterocycles. The van der Waals surface area contributed by atoms with Gasteiger partial charge in [0.25, 0.3) is 0 Å². The molecule has 0 heterocycles. The summed E-state index contributed by atoms with van der Waals surface area (Å²) in [6.07, 6.45) is -1.11. The van der Waals surface area contributed by atoms with Gasteiger partial charge in [0.1, 0.15) is 17.8 Å². The molecule has 0 atom stereocenters. The molecule has 1 N–H and O–H groups in total. The number of hydrogen-bond acceptors (Lipinski definition) is 4. The Labute approximate surface area is 114 Å². The normalized spacial score (nSPS) is 10.1. The zero-order valence-electron chi connectivity index (χ0n) is 8.88. The molecule has 0 bridgehead atoms. The number of hydrogen-bond donors (Lipinski definition) is 1. The van der Waals surface area contributed by atoms with E-state index in [1.807, 2.05) is 0 Å². The van der Waals surface area contributed by atoms with Crippen molar-refractivity contribution in [3.8, 4) is 0 Å². The van der Waals surface area contributed by atoms with E-state index in [1.165, 1.54) is 0 Å². The Morgan fingerprint density at radius 2 is 1.84 bits per heavy atom. The van der Waals surface area contributed by atoms with E-state index >= 15 is 0 Å². The standard InChI is InChI=1S/C10H4Cl2F2O5/c11-3-1-4(13)7(8(12)9(3)14)10(18)19-6(17)2-5(15)16/h1H,2H2,(H,15,16). The molecule has 9 heteroatoms. The summed E-state index contributed by atoms with van der Waals surface area (Å²) in [7, 11) is 0. The van der Waals surface area contributed by atoms with Crippen molar-refractivity contribution in [2.24, 2.45) is 0 Å². The number of aliphatic carboxylic acids is 1. The maximum absolute atomic E-state index is 13.4. The number of esters is 2. The summed E-state index contributed by atoms with van der Waals surface area (Å²) >= 11 is 10.6. The van der Waals surface area contributed by atoms with Crippen molar-refractivity contribution >= 4 is 41.1 Å². The van der Waals surface area contributed by atoms with Gasteiger partial charge in [-0.15, -0.1) is 0 Å². The van der Waals surface area contributed by atoms with Crippen LogP contribution in [-0.2, 0) is 14.3 Å². The third-order valence-electron chi connectivity index (χ3n) is 1.82. The molecule has 0 unspecified atom stereocenters. The van der Waals surface area contributed by atoms with E-state index in [0.29, 0.717) is 6.07 Å². The zero-order chi connectivity index (χ0) is 14.7. The van der Waals surface area contributed by atoms with Crippen molar-refractivity contribution in [2.75, 3.05) is 0 Å². The van der Waals surface area contributed by atoms with Crippen molar-refractivity contribution < 1.29 is 33.0 Å². The van der Waals surface area contributed by atoms with E-state index in [-0.39, 0.29) is 0 Å². The summed E-state index contributed by atoms with van der Waals surface area (Å²) in [5.74, 6) is -7.16. The number of ether oxygens (including phenoxy) is 1. The van der Waals surface area contributed by atoms with Crippen LogP contribution in [0, 0.1) is 11.6 Å². The summed E-state index contributed by atoms with van der Waals surface area (Å²) in [6, 6.07) is 0.473. The van der Waals surface area contributed by atoms with Crippen LogP contribution in [0.3, 0.4) is 0 Å². The number of carboxylic acids is 1. The fourth-order valence-electron chi connectivity index (χ4n) is 1.07. The minimum atomic E-state index is -1.61. The molecule has 0 saturated heterocycles. The Morgan fingerprint density at radius 3 is 2.37 bits per heavy atom. The van der Waals surface area contributed by atoms with Gasteiger partial charge in [-0.2, -0.15) is 0 Å². The molecular formula is C10H4Cl2F2O5. The third kappa shape index (κ3) is 3.62. The second-order valence-electron chi connectivity index (χ2n) is 3.18. The summed E-state index contributed by atoms with van der Waals surface area (Å²) in [5, 5.41) is 6.65. The van der Waals surface area contributed by atoms with Crippen LogP contribution in [0.4, 0.5) is 8.78 Å². The molecule has 1 aromatic rings. The van der Waals surface area contributed by atoms with Crippen LogP contribution in [0.1, 0.15) is 16.8 Å². The van der Waals surface area contributed by atoms with Gasteiger partial charge in [-0.1, -0.05) is 23.2 Å².